The largest absolute Gasteiger partial charge is 0.497 e. The summed E-state index contributed by atoms with van der Waals surface area (Å²) in [4.78, 5) is 1.31. The van der Waals surface area contributed by atoms with Gasteiger partial charge in [-0.2, -0.15) is 0 Å². The van der Waals surface area contributed by atoms with Crippen LogP contribution < -0.4 is 10.1 Å². The average Bonchev–Trinajstić information content (AvgIpc) is 2.41. The van der Waals surface area contributed by atoms with Crippen molar-refractivity contribution >= 4 is 11.8 Å². The summed E-state index contributed by atoms with van der Waals surface area (Å²) < 4.78 is 5.31. The maximum absolute atomic E-state index is 5.31. The van der Waals surface area contributed by atoms with E-state index in [-0.39, 0.29) is 0 Å². The molecule has 1 fully saturated rings. The molecular weight excluding hydrogens is 254 g/mol. The van der Waals surface area contributed by atoms with Crippen LogP contribution in [0.5, 0.6) is 5.75 Å². The van der Waals surface area contributed by atoms with E-state index in [1.54, 1.807) is 7.11 Å². The molecule has 0 aliphatic heterocycles. The fourth-order valence-electron chi connectivity index (χ4n) is 3.14. The molecule has 2 rings (SSSR count). The lowest BCUT2D eigenvalue weighted by Crippen LogP contribution is -2.44. The highest BCUT2D eigenvalue weighted by Gasteiger charge is 2.33. The molecule has 0 radical (unpaired) electrons. The van der Waals surface area contributed by atoms with Gasteiger partial charge in [-0.25, -0.2) is 0 Å². The lowest BCUT2D eigenvalue weighted by atomic mass is 9.80. The van der Waals surface area contributed by atoms with E-state index in [4.69, 9.17) is 4.74 Å². The first kappa shape index (κ1) is 14.7. The fourth-order valence-corrected chi connectivity index (χ4v) is 4.55. The van der Waals surface area contributed by atoms with E-state index in [0.29, 0.717) is 11.3 Å². The number of methoxy groups -OCH3 is 1. The molecule has 4 atom stereocenters. The summed E-state index contributed by atoms with van der Waals surface area (Å²) in [5.74, 6) is 2.52. The molecule has 19 heavy (non-hydrogen) atoms. The zero-order valence-corrected chi connectivity index (χ0v) is 13.2. The SMILES string of the molecule is CNC1CC(C)CC(C)C1Sc1cccc(OC)c1. The number of ether oxygens (including phenoxy) is 1. The van der Waals surface area contributed by atoms with Gasteiger partial charge in [0, 0.05) is 16.2 Å². The van der Waals surface area contributed by atoms with Gasteiger partial charge in [0.2, 0.25) is 0 Å². The van der Waals surface area contributed by atoms with Crippen LogP contribution in [0.4, 0.5) is 0 Å². The Morgan fingerprint density at radius 3 is 2.74 bits per heavy atom. The monoisotopic (exact) mass is 279 g/mol. The molecule has 2 nitrogen and oxygen atoms in total. The van der Waals surface area contributed by atoms with E-state index in [1.165, 1.54) is 17.7 Å². The summed E-state index contributed by atoms with van der Waals surface area (Å²) in [6.45, 7) is 4.76. The van der Waals surface area contributed by atoms with Gasteiger partial charge in [0.25, 0.3) is 0 Å². The molecule has 0 saturated heterocycles. The second-order valence-electron chi connectivity index (χ2n) is 5.71. The Morgan fingerprint density at radius 1 is 1.26 bits per heavy atom. The molecule has 1 aromatic rings. The first-order valence-electron chi connectivity index (χ1n) is 7.12. The van der Waals surface area contributed by atoms with Gasteiger partial charge < -0.3 is 10.1 Å². The van der Waals surface area contributed by atoms with Crippen LogP contribution in [-0.2, 0) is 0 Å². The lowest BCUT2D eigenvalue weighted by Gasteiger charge is -2.39. The van der Waals surface area contributed by atoms with Crippen molar-refractivity contribution in [2.45, 2.75) is 42.9 Å². The molecule has 106 valence electrons. The summed E-state index contributed by atoms with van der Waals surface area (Å²) in [5.41, 5.74) is 0. The molecule has 4 unspecified atom stereocenters. The van der Waals surface area contributed by atoms with E-state index in [9.17, 15) is 0 Å². The highest BCUT2D eigenvalue weighted by atomic mass is 32.2. The number of rotatable bonds is 4. The van der Waals surface area contributed by atoms with Crippen molar-refractivity contribution in [3.63, 3.8) is 0 Å². The van der Waals surface area contributed by atoms with Gasteiger partial charge in [-0.1, -0.05) is 19.9 Å². The van der Waals surface area contributed by atoms with Crippen LogP contribution in [-0.4, -0.2) is 25.4 Å². The van der Waals surface area contributed by atoms with E-state index < -0.39 is 0 Å². The molecule has 1 aromatic carbocycles. The van der Waals surface area contributed by atoms with Crippen molar-refractivity contribution in [3.05, 3.63) is 24.3 Å². The van der Waals surface area contributed by atoms with E-state index in [0.717, 1.165) is 17.6 Å². The van der Waals surface area contributed by atoms with Crippen molar-refractivity contribution in [1.29, 1.82) is 0 Å². The number of benzene rings is 1. The molecule has 3 heteroatoms. The first-order chi connectivity index (χ1) is 9.13. The number of hydrogen-bond acceptors (Lipinski definition) is 3. The molecule has 0 bridgehead atoms. The standard InChI is InChI=1S/C16H25NOS/c1-11-8-12(2)16(15(9-11)17-3)19-14-7-5-6-13(10-14)18-4/h5-7,10-12,15-17H,8-9H2,1-4H3. The summed E-state index contributed by atoms with van der Waals surface area (Å²) in [6, 6.07) is 9.01. The van der Waals surface area contributed by atoms with Crippen molar-refractivity contribution in [1.82, 2.24) is 5.32 Å². The zero-order valence-electron chi connectivity index (χ0n) is 12.3. The molecule has 0 spiro atoms. The smallest absolute Gasteiger partial charge is 0.119 e. The third-order valence-electron chi connectivity index (χ3n) is 4.07. The van der Waals surface area contributed by atoms with Crippen LogP contribution in [0, 0.1) is 11.8 Å². The third kappa shape index (κ3) is 3.67. The van der Waals surface area contributed by atoms with Crippen molar-refractivity contribution < 1.29 is 4.74 Å². The van der Waals surface area contributed by atoms with Crippen LogP contribution in [0.15, 0.2) is 29.2 Å². The van der Waals surface area contributed by atoms with Crippen molar-refractivity contribution in [2.75, 3.05) is 14.2 Å². The maximum Gasteiger partial charge on any atom is 0.119 e. The normalized spacial score (nSPS) is 31.2. The van der Waals surface area contributed by atoms with Crippen LogP contribution in [0.3, 0.4) is 0 Å². The molecular formula is C16H25NOS. The van der Waals surface area contributed by atoms with Crippen molar-refractivity contribution in [2.24, 2.45) is 11.8 Å². The van der Waals surface area contributed by atoms with Gasteiger partial charge in [0.1, 0.15) is 5.75 Å². The molecule has 1 saturated carbocycles. The highest BCUT2D eigenvalue weighted by Crippen LogP contribution is 2.40. The quantitative estimate of drug-likeness (QED) is 0.905. The van der Waals surface area contributed by atoms with Gasteiger partial charge in [0.05, 0.1) is 7.11 Å². The van der Waals surface area contributed by atoms with Crippen LogP contribution in [0.1, 0.15) is 26.7 Å². The highest BCUT2D eigenvalue weighted by molar-refractivity contribution is 8.00. The molecule has 1 aliphatic rings. The predicted molar refractivity (Wildman–Crippen MR) is 83.0 cm³/mol. The predicted octanol–water partition coefficient (Wildman–Crippen LogP) is 3.81. The minimum Gasteiger partial charge on any atom is -0.497 e. The van der Waals surface area contributed by atoms with E-state index in [2.05, 4.69) is 44.4 Å². The Hall–Kier alpha value is -0.670. The van der Waals surface area contributed by atoms with Crippen LogP contribution >= 0.6 is 11.8 Å². The van der Waals surface area contributed by atoms with Crippen LogP contribution in [0.25, 0.3) is 0 Å². The fraction of sp³-hybridized carbons (Fsp3) is 0.625. The summed E-state index contributed by atoms with van der Waals surface area (Å²) in [7, 11) is 3.82. The van der Waals surface area contributed by atoms with E-state index in [1.807, 2.05) is 17.8 Å². The maximum atomic E-state index is 5.31. The van der Waals surface area contributed by atoms with Gasteiger partial charge in [-0.3, -0.25) is 0 Å². The Bertz CT molecular complexity index is 409. The summed E-state index contributed by atoms with van der Waals surface area (Å²) >= 11 is 1.99. The molecule has 0 amide bonds. The minimum absolute atomic E-state index is 0.606. The van der Waals surface area contributed by atoms with Gasteiger partial charge in [-0.15, -0.1) is 11.8 Å². The Balaban J connectivity index is 2.10. The van der Waals surface area contributed by atoms with Crippen LogP contribution in [0.2, 0.25) is 0 Å². The lowest BCUT2D eigenvalue weighted by molar-refractivity contribution is 0.257. The summed E-state index contributed by atoms with van der Waals surface area (Å²) in [6.07, 6.45) is 2.61. The Morgan fingerprint density at radius 2 is 2.05 bits per heavy atom. The third-order valence-corrected chi connectivity index (χ3v) is 5.66. The van der Waals surface area contributed by atoms with Gasteiger partial charge >= 0.3 is 0 Å². The second-order valence-corrected chi connectivity index (χ2v) is 6.96. The average molecular weight is 279 g/mol. The minimum atomic E-state index is 0.606. The summed E-state index contributed by atoms with van der Waals surface area (Å²) in [5, 5.41) is 4.16. The molecule has 0 aromatic heterocycles. The number of thioether (sulfide) groups is 1. The van der Waals surface area contributed by atoms with Gasteiger partial charge in [-0.05, 0) is 49.9 Å². The zero-order chi connectivity index (χ0) is 13.8. The number of hydrogen-bond donors (Lipinski definition) is 1. The van der Waals surface area contributed by atoms with E-state index >= 15 is 0 Å². The Kier molecular flexibility index (Phi) is 5.17. The molecule has 0 heterocycles. The molecule has 1 N–H and O–H groups in total. The number of nitrogens with one attached hydrogen (secondary N) is 1. The van der Waals surface area contributed by atoms with Crippen molar-refractivity contribution in [3.8, 4) is 5.75 Å². The topological polar surface area (TPSA) is 21.3 Å². The second kappa shape index (κ2) is 6.67. The Labute approximate surface area is 121 Å². The van der Waals surface area contributed by atoms with Gasteiger partial charge in [0.15, 0.2) is 0 Å². The molecule has 1 aliphatic carbocycles. The first-order valence-corrected chi connectivity index (χ1v) is 8.00.